The van der Waals surface area contributed by atoms with Crippen LogP contribution in [0, 0.1) is 0 Å². The number of aromatic carboxylic acids is 1. The number of aromatic nitrogens is 1. The van der Waals surface area contributed by atoms with E-state index in [4.69, 9.17) is 25.8 Å². The molecule has 1 heterocycles. The molecule has 0 bridgehead atoms. The third kappa shape index (κ3) is 6.31. The van der Waals surface area contributed by atoms with Gasteiger partial charge in [0.05, 0.1) is 23.1 Å². The van der Waals surface area contributed by atoms with Gasteiger partial charge in [-0.3, -0.25) is 0 Å². The number of carboxylic acid groups (broad SMARTS) is 1. The fraction of sp³-hybridized carbons (Fsp3) is 0.143. The fourth-order valence-electron chi connectivity index (χ4n) is 3.40. The Kier molecular flexibility index (Phi) is 7.53. The Morgan fingerprint density at radius 1 is 0.914 bits per heavy atom. The van der Waals surface area contributed by atoms with E-state index in [-0.39, 0.29) is 18.3 Å². The van der Waals surface area contributed by atoms with Gasteiger partial charge in [-0.05, 0) is 80.6 Å². The van der Waals surface area contributed by atoms with Gasteiger partial charge in [0.25, 0.3) is 0 Å². The van der Waals surface area contributed by atoms with Crippen LogP contribution in [-0.2, 0) is 6.61 Å². The molecule has 0 aliphatic carbocycles. The van der Waals surface area contributed by atoms with Crippen molar-refractivity contribution < 1.29 is 24.1 Å². The van der Waals surface area contributed by atoms with Crippen molar-refractivity contribution in [2.45, 2.75) is 26.6 Å². The first-order valence-corrected chi connectivity index (χ1v) is 11.4. The first kappa shape index (κ1) is 24.1. The molecule has 0 aliphatic heterocycles. The molecular weight excluding hydrogens is 466 g/mol. The zero-order chi connectivity index (χ0) is 24.8. The lowest BCUT2D eigenvalue weighted by molar-refractivity contribution is 0.0693. The maximum Gasteiger partial charge on any atom is 0.337 e. The predicted molar refractivity (Wildman–Crippen MR) is 135 cm³/mol. The largest absolute Gasteiger partial charge is 0.490 e. The highest BCUT2D eigenvalue weighted by Gasteiger charge is 2.17. The highest BCUT2D eigenvalue weighted by molar-refractivity contribution is 6.30. The average molecular weight is 490 g/mol. The molecule has 4 aromatic rings. The van der Waals surface area contributed by atoms with Crippen LogP contribution >= 0.6 is 11.6 Å². The monoisotopic (exact) mass is 489 g/mol. The molecule has 4 rings (SSSR count). The second kappa shape index (κ2) is 10.9. The normalized spacial score (nSPS) is 10.7. The van der Waals surface area contributed by atoms with E-state index in [9.17, 15) is 9.90 Å². The lowest BCUT2D eigenvalue weighted by Gasteiger charge is -2.16. The molecule has 0 saturated carbocycles. The molecule has 35 heavy (non-hydrogen) atoms. The van der Waals surface area contributed by atoms with Crippen LogP contribution < -0.4 is 14.2 Å². The van der Waals surface area contributed by atoms with E-state index in [1.165, 1.54) is 6.07 Å². The van der Waals surface area contributed by atoms with E-state index in [0.717, 1.165) is 5.75 Å². The van der Waals surface area contributed by atoms with E-state index in [1.807, 2.05) is 44.2 Å². The maximum absolute atomic E-state index is 11.8. The van der Waals surface area contributed by atoms with E-state index >= 15 is 0 Å². The topological polar surface area (TPSA) is 77.9 Å². The molecule has 0 amide bonds. The molecular formula is C28H24ClNO5. The van der Waals surface area contributed by atoms with Gasteiger partial charge in [-0.25, -0.2) is 9.78 Å². The van der Waals surface area contributed by atoms with Gasteiger partial charge in [0.2, 0.25) is 0 Å². The molecule has 0 spiro atoms. The highest BCUT2D eigenvalue weighted by Crippen LogP contribution is 2.33. The molecule has 1 N–H and O–H groups in total. The van der Waals surface area contributed by atoms with Gasteiger partial charge < -0.3 is 19.3 Å². The smallest absolute Gasteiger partial charge is 0.337 e. The van der Waals surface area contributed by atoms with Gasteiger partial charge >= 0.3 is 5.97 Å². The summed E-state index contributed by atoms with van der Waals surface area (Å²) in [6.45, 7) is 3.81. The van der Waals surface area contributed by atoms with Crippen molar-refractivity contribution in [3.63, 3.8) is 0 Å². The van der Waals surface area contributed by atoms with Crippen LogP contribution in [0.15, 0.2) is 84.9 Å². The van der Waals surface area contributed by atoms with E-state index in [0.29, 0.717) is 39.2 Å². The fourth-order valence-corrected chi connectivity index (χ4v) is 3.56. The summed E-state index contributed by atoms with van der Waals surface area (Å²) in [5.74, 6) is 1.45. The number of nitrogens with zero attached hydrogens (tertiary/aromatic N) is 1. The van der Waals surface area contributed by atoms with Crippen molar-refractivity contribution in [3.8, 4) is 34.3 Å². The van der Waals surface area contributed by atoms with Gasteiger partial charge in [0.1, 0.15) is 29.6 Å². The molecule has 0 saturated heterocycles. The van der Waals surface area contributed by atoms with Crippen molar-refractivity contribution in [2.24, 2.45) is 0 Å². The Bertz CT molecular complexity index is 1310. The van der Waals surface area contributed by atoms with Crippen molar-refractivity contribution in [3.05, 3.63) is 101 Å². The molecule has 0 atom stereocenters. The number of hydrogen-bond donors (Lipinski definition) is 1. The van der Waals surface area contributed by atoms with E-state index < -0.39 is 5.97 Å². The number of rotatable bonds is 9. The summed E-state index contributed by atoms with van der Waals surface area (Å²) in [5.41, 5.74) is 1.64. The molecule has 0 aliphatic rings. The second-order valence-corrected chi connectivity index (χ2v) is 8.41. The number of ether oxygens (including phenoxy) is 3. The lowest BCUT2D eigenvalue weighted by atomic mass is 10.1. The van der Waals surface area contributed by atoms with E-state index in [1.54, 1.807) is 48.5 Å². The van der Waals surface area contributed by atoms with Crippen molar-refractivity contribution in [1.82, 2.24) is 4.98 Å². The van der Waals surface area contributed by atoms with Crippen LogP contribution in [0.1, 0.15) is 29.9 Å². The summed E-state index contributed by atoms with van der Waals surface area (Å²) in [6, 6.07) is 25.0. The van der Waals surface area contributed by atoms with Gasteiger partial charge in [-0.2, -0.15) is 0 Å². The van der Waals surface area contributed by atoms with Crippen LogP contribution in [0.5, 0.6) is 23.0 Å². The van der Waals surface area contributed by atoms with Crippen LogP contribution in [-0.4, -0.2) is 22.2 Å². The van der Waals surface area contributed by atoms with Gasteiger partial charge in [0, 0.05) is 10.6 Å². The Labute approximate surface area is 208 Å². The average Bonchev–Trinajstić information content (AvgIpc) is 2.84. The Hall–Kier alpha value is -4.03. The number of halogens is 1. The number of carboxylic acids is 1. The molecule has 7 heteroatoms. The zero-order valence-corrected chi connectivity index (χ0v) is 20.0. The van der Waals surface area contributed by atoms with Gasteiger partial charge in [-0.1, -0.05) is 29.8 Å². The molecule has 1 aromatic heterocycles. The third-order valence-electron chi connectivity index (χ3n) is 4.97. The predicted octanol–water partition coefficient (Wildman–Crippen LogP) is 7.26. The van der Waals surface area contributed by atoms with Crippen LogP contribution in [0.2, 0.25) is 5.02 Å². The zero-order valence-electron chi connectivity index (χ0n) is 19.3. The minimum absolute atomic E-state index is 0.0255. The molecule has 6 nitrogen and oxygen atoms in total. The molecule has 0 unspecified atom stereocenters. The third-order valence-corrected chi connectivity index (χ3v) is 5.20. The molecule has 3 aromatic carbocycles. The number of para-hydroxylation sites is 1. The van der Waals surface area contributed by atoms with Crippen LogP contribution in [0.4, 0.5) is 0 Å². The summed E-state index contributed by atoms with van der Waals surface area (Å²) in [4.78, 5) is 16.4. The van der Waals surface area contributed by atoms with E-state index in [2.05, 4.69) is 4.98 Å². The van der Waals surface area contributed by atoms with Gasteiger partial charge in [0.15, 0.2) is 0 Å². The molecule has 0 radical (unpaired) electrons. The minimum Gasteiger partial charge on any atom is -0.490 e. The lowest BCUT2D eigenvalue weighted by Crippen LogP contribution is -2.10. The van der Waals surface area contributed by atoms with Crippen LogP contribution in [0.3, 0.4) is 0 Å². The molecule has 0 fully saturated rings. The number of pyridine rings is 1. The summed E-state index contributed by atoms with van der Waals surface area (Å²) >= 11 is 6.15. The summed E-state index contributed by atoms with van der Waals surface area (Å²) in [5, 5.41) is 10.2. The second-order valence-electron chi connectivity index (χ2n) is 7.98. The number of hydrogen-bond acceptors (Lipinski definition) is 5. The molecule has 178 valence electrons. The first-order chi connectivity index (χ1) is 16.9. The van der Waals surface area contributed by atoms with Crippen molar-refractivity contribution in [1.29, 1.82) is 0 Å². The summed E-state index contributed by atoms with van der Waals surface area (Å²) < 4.78 is 17.5. The van der Waals surface area contributed by atoms with Crippen LogP contribution in [0.25, 0.3) is 11.3 Å². The Morgan fingerprint density at radius 2 is 1.60 bits per heavy atom. The minimum atomic E-state index is -1.08. The first-order valence-electron chi connectivity index (χ1n) is 11.0. The Balaban J connectivity index is 1.55. The van der Waals surface area contributed by atoms with Crippen molar-refractivity contribution in [2.75, 3.05) is 0 Å². The standard InChI is InChI=1S/C28H24ClNO5/c1-18(2)34-27-16-19(29)8-13-23(27)25-15-14-24(28(31)32)26(30-25)17-33-20-9-11-22(12-10-20)35-21-6-4-3-5-7-21/h3-16,18H,17H2,1-2H3,(H,31,32). The summed E-state index contributed by atoms with van der Waals surface area (Å²) in [6.07, 6.45) is -0.0674. The maximum atomic E-state index is 11.8. The SMILES string of the molecule is CC(C)Oc1cc(Cl)ccc1-c1ccc(C(=O)O)c(COc2ccc(Oc3ccccc3)cc2)n1. The quantitative estimate of drug-likeness (QED) is 0.266. The highest BCUT2D eigenvalue weighted by atomic mass is 35.5. The van der Waals surface area contributed by atoms with Crippen molar-refractivity contribution >= 4 is 17.6 Å². The number of carbonyl (C=O) groups is 1. The summed E-state index contributed by atoms with van der Waals surface area (Å²) in [7, 11) is 0. The Morgan fingerprint density at radius 3 is 2.29 bits per heavy atom. The number of benzene rings is 3. The van der Waals surface area contributed by atoms with Gasteiger partial charge in [-0.15, -0.1) is 0 Å².